The van der Waals surface area contributed by atoms with E-state index in [4.69, 9.17) is 0 Å². The molecule has 0 fully saturated rings. The Morgan fingerprint density at radius 1 is 0.952 bits per heavy atom. The second-order valence-electron chi connectivity index (χ2n) is 4.07. The molecule has 0 aromatic heterocycles. The van der Waals surface area contributed by atoms with E-state index < -0.39 is 6.36 Å². The van der Waals surface area contributed by atoms with Crippen molar-refractivity contribution in [3.63, 3.8) is 0 Å². The molecule has 2 aromatic carbocycles. The van der Waals surface area contributed by atoms with Crippen LogP contribution >= 0.6 is 0 Å². The summed E-state index contributed by atoms with van der Waals surface area (Å²) >= 11 is 0. The van der Waals surface area contributed by atoms with Crippen LogP contribution in [0.5, 0.6) is 5.75 Å². The molecule has 0 saturated heterocycles. The molecule has 2 rings (SSSR count). The van der Waals surface area contributed by atoms with Crippen LogP contribution < -0.4 is 10.1 Å². The van der Waals surface area contributed by atoms with E-state index in [1.54, 1.807) is 6.07 Å². The first-order valence-electron chi connectivity index (χ1n) is 6.17. The Kier molecular flexibility index (Phi) is 4.72. The summed E-state index contributed by atoms with van der Waals surface area (Å²) in [6.07, 6.45) is -4.71. The Morgan fingerprint density at radius 3 is 2.33 bits per heavy atom. The van der Waals surface area contributed by atoms with Crippen molar-refractivity contribution < 1.29 is 17.9 Å². The van der Waals surface area contributed by atoms with Crippen LogP contribution in [0.4, 0.5) is 18.9 Å². The molecule has 1 N–H and O–H groups in total. The van der Waals surface area contributed by atoms with Gasteiger partial charge in [0, 0.05) is 5.56 Å². The van der Waals surface area contributed by atoms with Gasteiger partial charge < -0.3 is 10.1 Å². The van der Waals surface area contributed by atoms with Crippen molar-refractivity contribution in [2.45, 2.75) is 6.36 Å². The predicted molar refractivity (Wildman–Crippen MR) is 74.9 cm³/mol. The highest BCUT2D eigenvalue weighted by Gasteiger charge is 2.31. The number of nitrogens with one attached hydrogen (secondary N) is 1. The average Bonchev–Trinajstić information content (AvgIpc) is 2.45. The van der Waals surface area contributed by atoms with Crippen LogP contribution in [0, 0.1) is 11.8 Å². The molecule has 0 bridgehead atoms. The molecule has 0 unspecified atom stereocenters. The van der Waals surface area contributed by atoms with Crippen molar-refractivity contribution in [2.24, 2.45) is 0 Å². The minimum Gasteiger partial charge on any atom is -0.404 e. The molecule has 0 atom stereocenters. The molecule has 0 aliphatic heterocycles. The second kappa shape index (κ2) is 6.71. The normalized spacial score (nSPS) is 10.4. The van der Waals surface area contributed by atoms with E-state index in [0.717, 1.165) is 5.56 Å². The number of para-hydroxylation sites is 2. The lowest BCUT2D eigenvalue weighted by Crippen LogP contribution is -2.18. The van der Waals surface area contributed by atoms with Gasteiger partial charge in [0.05, 0.1) is 12.2 Å². The van der Waals surface area contributed by atoms with Gasteiger partial charge in [0.25, 0.3) is 0 Å². The summed E-state index contributed by atoms with van der Waals surface area (Å²) in [5.74, 6) is 5.48. The molecule has 0 aliphatic rings. The van der Waals surface area contributed by atoms with Crippen molar-refractivity contribution in [3.8, 4) is 17.6 Å². The fourth-order valence-corrected chi connectivity index (χ4v) is 1.63. The first-order valence-corrected chi connectivity index (χ1v) is 6.17. The minimum absolute atomic E-state index is 0.215. The fourth-order valence-electron chi connectivity index (χ4n) is 1.63. The Morgan fingerprint density at radius 2 is 1.62 bits per heavy atom. The molecule has 0 saturated carbocycles. The van der Waals surface area contributed by atoms with E-state index in [0.29, 0.717) is 0 Å². The number of alkyl halides is 3. The molecule has 21 heavy (non-hydrogen) atoms. The maximum atomic E-state index is 12.3. The van der Waals surface area contributed by atoms with E-state index in [1.807, 2.05) is 30.3 Å². The Balaban J connectivity index is 1.99. The molecule has 2 aromatic rings. The summed E-state index contributed by atoms with van der Waals surface area (Å²) in [5.41, 5.74) is 1.09. The monoisotopic (exact) mass is 291 g/mol. The van der Waals surface area contributed by atoms with Gasteiger partial charge >= 0.3 is 6.36 Å². The lowest BCUT2D eigenvalue weighted by Gasteiger charge is -2.13. The van der Waals surface area contributed by atoms with Gasteiger partial charge in [-0.05, 0) is 24.3 Å². The number of rotatable bonds is 3. The molecule has 2 nitrogen and oxygen atoms in total. The molecule has 0 radical (unpaired) electrons. The molecule has 0 heterocycles. The number of benzene rings is 2. The van der Waals surface area contributed by atoms with Crippen LogP contribution in [0.1, 0.15) is 5.56 Å². The molecule has 0 spiro atoms. The molecular weight excluding hydrogens is 279 g/mol. The van der Waals surface area contributed by atoms with E-state index in [2.05, 4.69) is 21.9 Å². The van der Waals surface area contributed by atoms with Crippen LogP contribution in [-0.4, -0.2) is 12.9 Å². The van der Waals surface area contributed by atoms with Gasteiger partial charge in [-0.25, -0.2) is 0 Å². The highest BCUT2D eigenvalue weighted by atomic mass is 19.4. The van der Waals surface area contributed by atoms with Gasteiger partial charge in [-0.1, -0.05) is 42.2 Å². The third-order valence-corrected chi connectivity index (χ3v) is 2.49. The Bertz CT molecular complexity index is 642. The van der Waals surface area contributed by atoms with Gasteiger partial charge in [-0.15, -0.1) is 13.2 Å². The number of hydrogen-bond acceptors (Lipinski definition) is 2. The summed E-state index contributed by atoms with van der Waals surface area (Å²) in [6, 6.07) is 15.2. The lowest BCUT2D eigenvalue weighted by molar-refractivity contribution is -0.274. The van der Waals surface area contributed by atoms with Gasteiger partial charge in [0.1, 0.15) is 0 Å². The summed E-state index contributed by atoms with van der Waals surface area (Å²) in [4.78, 5) is 0. The van der Waals surface area contributed by atoms with Crippen molar-refractivity contribution in [1.82, 2.24) is 0 Å². The van der Waals surface area contributed by atoms with Crippen LogP contribution in [0.2, 0.25) is 0 Å². The van der Waals surface area contributed by atoms with E-state index in [9.17, 15) is 13.2 Å². The molecule has 5 heteroatoms. The van der Waals surface area contributed by atoms with Gasteiger partial charge in [0.15, 0.2) is 5.75 Å². The SMILES string of the molecule is FC(F)(F)Oc1ccccc1NCC#Cc1ccccc1. The molecular formula is C16H12F3NO. The van der Waals surface area contributed by atoms with Crippen LogP contribution in [0.25, 0.3) is 0 Å². The highest BCUT2D eigenvalue weighted by molar-refractivity contribution is 5.57. The minimum atomic E-state index is -4.71. The van der Waals surface area contributed by atoms with E-state index in [-0.39, 0.29) is 18.0 Å². The zero-order chi connectivity index (χ0) is 15.1. The number of anilines is 1. The van der Waals surface area contributed by atoms with E-state index in [1.165, 1.54) is 18.2 Å². The third kappa shape index (κ3) is 5.11. The van der Waals surface area contributed by atoms with Crippen molar-refractivity contribution >= 4 is 5.69 Å². The zero-order valence-electron chi connectivity index (χ0n) is 10.9. The molecule has 0 aliphatic carbocycles. The van der Waals surface area contributed by atoms with Gasteiger partial charge in [-0.3, -0.25) is 0 Å². The van der Waals surface area contributed by atoms with Crippen molar-refractivity contribution in [1.29, 1.82) is 0 Å². The summed E-state index contributed by atoms with van der Waals surface area (Å²) in [6.45, 7) is 0.215. The van der Waals surface area contributed by atoms with Gasteiger partial charge in [0.2, 0.25) is 0 Å². The lowest BCUT2D eigenvalue weighted by atomic mass is 10.2. The maximum absolute atomic E-state index is 12.3. The topological polar surface area (TPSA) is 21.3 Å². The summed E-state index contributed by atoms with van der Waals surface area (Å²) in [5, 5.41) is 2.81. The Hall–Kier alpha value is -2.61. The Labute approximate surface area is 120 Å². The van der Waals surface area contributed by atoms with Crippen LogP contribution in [0.15, 0.2) is 54.6 Å². The standard InChI is InChI=1S/C16H12F3NO/c17-16(18,19)21-15-11-5-4-10-14(15)20-12-6-9-13-7-2-1-3-8-13/h1-5,7-8,10-11,20H,12H2. The zero-order valence-corrected chi connectivity index (χ0v) is 10.9. The second-order valence-corrected chi connectivity index (χ2v) is 4.07. The summed E-state index contributed by atoms with van der Waals surface area (Å²) in [7, 11) is 0. The molecule has 108 valence electrons. The fraction of sp³-hybridized carbons (Fsp3) is 0.125. The quantitative estimate of drug-likeness (QED) is 0.861. The number of hydrogen-bond donors (Lipinski definition) is 1. The van der Waals surface area contributed by atoms with Crippen LogP contribution in [0.3, 0.4) is 0 Å². The smallest absolute Gasteiger partial charge is 0.404 e. The summed E-state index contributed by atoms with van der Waals surface area (Å²) < 4.78 is 40.7. The first kappa shape index (κ1) is 14.8. The van der Waals surface area contributed by atoms with Crippen LogP contribution in [-0.2, 0) is 0 Å². The largest absolute Gasteiger partial charge is 0.573 e. The van der Waals surface area contributed by atoms with Gasteiger partial charge in [-0.2, -0.15) is 0 Å². The maximum Gasteiger partial charge on any atom is 0.573 e. The van der Waals surface area contributed by atoms with E-state index >= 15 is 0 Å². The first-order chi connectivity index (χ1) is 10.0. The van der Waals surface area contributed by atoms with Crippen molar-refractivity contribution in [2.75, 3.05) is 11.9 Å². The van der Waals surface area contributed by atoms with Crippen molar-refractivity contribution in [3.05, 3.63) is 60.2 Å². The number of halogens is 3. The highest BCUT2D eigenvalue weighted by Crippen LogP contribution is 2.29. The average molecular weight is 291 g/mol. The molecule has 0 amide bonds. The third-order valence-electron chi connectivity index (χ3n) is 2.49. The predicted octanol–water partition coefficient (Wildman–Crippen LogP) is 4.05. The number of ether oxygens (including phenoxy) is 1.